The average molecular weight is 835 g/mol. The standard InChI is InChI=1S/C38H46N10O12/c1-58-27-10-12-32(59-2)31(18-27)48-19-24(17-33(48)49)35(52)39-25-8-6-23(7-9-25)30-21-47(45-43-30)15-16-60-22-26-20-46(44-42-26)14-4-3-5-28(36(53)54)40-38(57)41-29(37(55)56)11-13-34(50)51/h6-10,12,18,20-21,24,28-29H,3-5,11,13-17,19,22H2,1-2H3,(H,39,52)(H,50,51)(H,53,54)(H,55,56)(H2,40,41,57)/t24?,28-,29-/m0/s1. The Kier molecular flexibility index (Phi) is 15.4. The zero-order chi connectivity index (χ0) is 43.2. The molecule has 0 spiro atoms. The van der Waals surface area contributed by atoms with Gasteiger partial charge in [-0.2, -0.15) is 0 Å². The number of carbonyl (C=O) groups is 6. The number of carbonyl (C=O) groups excluding carboxylic acids is 3. The number of carboxylic acid groups (broad SMARTS) is 3. The van der Waals surface area contributed by atoms with Crippen LogP contribution in [0.2, 0.25) is 0 Å². The number of carboxylic acids is 3. The maximum absolute atomic E-state index is 13.1. The second kappa shape index (κ2) is 21.1. The zero-order valence-corrected chi connectivity index (χ0v) is 32.9. The minimum atomic E-state index is -1.48. The molecule has 2 aromatic carbocycles. The number of benzene rings is 2. The van der Waals surface area contributed by atoms with E-state index in [0.29, 0.717) is 66.8 Å². The van der Waals surface area contributed by atoms with Crippen molar-refractivity contribution in [2.75, 3.05) is 37.6 Å². The average Bonchev–Trinajstić information content (AvgIpc) is 3.99. The zero-order valence-electron chi connectivity index (χ0n) is 32.9. The summed E-state index contributed by atoms with van der Waals surface area (Å²) in [5.41, 5.74) is 3.09. The lowest BCUT2D eigenvalue weighted by molar-refractivity contribution is -0.141. The first kappa shape index (κ1) is 44.0. The van der Waals surface area contributed by atoms with Crippen LogP contribution in [0.15, 0.2) is 54.9 Å². The van der Waals surface area contributed by atoms with E-state index in [0.717, 1.165) is 5.56 Å². The van der Waals surface area contributed by atoms with Gasteiger partial charge in [0, 0.05) is 43.2 Å². The number of anilines is 2. The van der Waals surface area contributed by atoms with E-state index in [1.165, 1.54) is 19.1 Å². The van der Waals surface area contributed by atoms with Crippen LogP contribution < -0.4 is 30.3 Å². The summed E-state index contributed by atoms with van der Waals surface area (Å²) >= 11 is 0. The van der Waals surface area contributed by atoms with Crippen molar-refractivity contribution in [2.45, 2.75) is 70.3 Å². The van der Waals surface area contributed by atoms with Crippen molar-refractivity contribution >= 4 is 47.1 Å². The number of hydrogen-bond acceptors (Lipinski definition) is 13. The van der Waals surface area contributed by atoms with Gasteiger partial charge in [-0.15, -0.1) is 10.2 Å². The van der Waals surface area contributed by atoms with E-state index >= 15 is 0 Å². The Balaban J connectivity index is 0.994. The fourth-order valence-corrected chi connectivity index (χ4v) is 6.24. The van der Waals surface area contributed by atoms with Gasteiger partial charge in [-0.1, -0.05) is 22.6 Å². The van der Waals surface area contributed by atoms with Crippen LogP contribution in [0, 0.1) is 5.92 Å². The Hall–Kier alpha value is -7.10. The highest BCUT2D eigenvalue weighted by atomic mass is 16.5. The molecule has 4 amide bonds. The van der Waals surface area contributed by atoms with Crippen LogP contribution in [0.4, 0.5) is 16.2 Å². The van der Waals surface area contributed by atoms with Crippen LogP contribution >= 0.6 is 0 Å². The van der Waals surface area contributed by atoms with E-state index in [-0.39, 0.29) is 44.2 Å². The maximum atomic E-state index is 13.1. The van der Waals surface area contributed by atoms with Gasteiger partial charge >= 0.3 is 23.9 Å². The molecule has 1 fully saturated rings. The molecule has 6 N–H and O–H groups in total. The van der Waals surface area contributed by atoms with Gasteiger partial charge in [0.15, 0.2) is 0 Å². The second-order valence-electron chi connectivity index (χ2n) is 13.7. The third-order valence-electron chi connectivity index (χ3n) is 9.44. The van der Waals surface area contributed by atoms with Gasteiger partial charge < -0.3 is 50.4 Å². The Morgan fingerprint density at radius 2 is 1.55 bits per heavy atom. The minimum absolute atomic E-state index is 0.0567. The van der Waals surface area contributed by atoms with Gasteiger partial charge in [0.05, 0.1) is 58.0 Å². The second-order valence-corrected chi connectivity index (χ2v) is 13.7. The number of hydrogen-bond donors (Lipinski definition) is 6. The van der Waals surface area contributed by atoms with Gasteiger partial charge in [0.1, 0.15) is 35.0 Å². The van der Waals surface area contributed by atoms with E-state index in [9.17, 15) is 39.0 Å². The summed E-state index contributed by atoms with van der Waals surface area (Å²) < 4.78 is 19.7. The van der Waals surface area contributed by atoms with Crippen LogP contribution in [0.25, 0.3) is 11.3 Å². The number of urea groups is 1. The Morgan fingerprint density at radius 3 is 2.23 bits per heavy atom. The molecule has 22 nitrogen and oxygen atoms in total. The van der Waals surface area contributed by atoms with Gasteiger partial charge in [0.25, 0.3) is 0 Å². The van der Waals surface area contributed by atoms with Crippen LogP contribution in [0.3, 0.4) is 0 Å². The van der Waals surface area contributed by atoms with E-state index < -0.39 is 48.4 Å². The molecule has 0 saturated carbocycles. The SMILES string of the molecule is COc1ccc(OC)c(N2CC(C(=O)Nc3ccc(-c4cn(CCOCc5cn(CCCC[C@H](NC(=O)N[C@@H](CCC(=O)O)C(=O)O)C(=O)O)nn5)nn4)cc3)CC2=O)c1. The number of aromatic nitrogens is 6. The minimum Gasteiger partial charge on any atom is -0.497 e. The summed E-state index contributed by atoms with van der Waals surface area (Å²) in [7, 11) is 3.05. The summed E-state index contributed by atoms with van der Waals surface area (Å²) in [6.07, 6.45) is 3.63. The summed E-state index contributed by atoms with van der Waals surface area (Å²) in [4.78, 5) is 73.4. The molecule has 60 heavy (non-hydrogen) atoms. The van der Waals surface area contributed by atoms with Crippen molar-refractivity contribution in [3.05, 3.63) is 60.6 Å². The van der Waals surface area contributed by atoms with Crippen molar-refractivity contribution in [3.8, 4) is 22.8 Å². The molecule has 5 rings (SSSR count). The number of nitrogens with one attached hydrogen (secondary N) is 3. The Morgan fingerprint density at radius 1 is 0.850 bits per heavy atom. The molecular formula is C38H46N10O12. The number of amides is 4. The molecule has 2 aromatic heterocycles. The molecule has 22 heteroatoms. The topological polar surface area (TPSA) is 292 Å². The van der Waals surface area contributed by atoms with Crippen LogP contribution in [0.5, 0.6) is 11.5 Å². The van der Waals surface area contributed by atoms with Gasteiger partial charge in [-0.25, -0.2) is 19.1 Å². The molecule has 3 atom stereocenters. The van der Waals surface area contributed by atoms with Crippen molar-refractivity contribution in [3.63, 3.8) is 0 Å². The first-order chi connectivity index (χ1) is 28.8. The van der Waals surface area contributed by atoms with Crippen LogP contribution in [0.1, 0.15) is 44.2 Å². The lowest BCUT2D eigenvalue weighted by Gasteiger charge is -2.20. The quantitative estimate of drug-likeness (QED) is 0.0583. The maximum Gasteiger partial charge on any atom is 0.326 e. The molecule has 1 unspecified atom stereocenters. The lowest BCUT2D eigenvalue weighted by atomic mass is 10.1. The fourth-order valence-electron chi connectivity index (χ4n) is 6.24. The molecule has 0 aliphatic carbocycles. The molecule has 0 bridgehead atoms. The number of rotatable bonds is 23. The molecule has 1 saturated heterocycles. The molecule has 1 aliphatic rings. The number of unbranched alkanes of at least 4 members (excludes halogenated alkanes) is 1. The summed E-state index contributed by atoms with van der Waals surface area (Å²) in [6.45, 7) is 1.50. The largest absolute Gasteiger partial charge is 0.497 e. The number of ether oxygens (including phenoxy) is 3. The smallest absolute Gasteiger partial charge is 0.326 e. The molecule has 1 aliphatic heterocycles. The van der Waals surface area contributed by atoms with Crippen LogP contribution in [-0.4, -0.2) is 121 Å². The van der Waals surface area contributed by atoms with E-state index in [1.807, 2.05) is 12.1 Å². The highest BCUT2D eigenvalue weighted by molar-refractivity contribution is 6.04. The Bertz CT molecular complexity index is 2140. The predicted octanol–water partition coefficient (Wildman–Crippen LogP) is 2.00. The Labute approximate surface area is 342 Å². The first-order valence-electron chi connectivity index (χ1n) is 18.9. The molecule has 3 heterocycles. The van der Waals surface area contributed by atoms with E-state index in [4.69, 9.17) is 19.3 Å². The van der Waals surface area contributed by atoms with Gasteiger partial charge in [-0.05, 0) is 49.9 Å². The van der Waals surface area contributed by atoms with Crippen LogP contribution in [-0.2, 0) is 48.4 Å². The highest BCUT2D eigenvalue weighted by Crippen LogP contribution is 2.36. The monoisotopic (exact) mass is 834 g/mol. The fraction of sp³-hybridized carbons (Fsp3) is 0.421. The third kappa shape index (κ3) is 12.4. The summed E-state index contributed by atoms with van der Waals surface area (Å²) in [6, 6.07) is 8.48. The van der Waals surface area contributed by atoms with E-state index in [1.54, 1.807) is 52.1 Å². The highest BCUT2D eigenvalue weighted by Gasteiger charge is 2.36. The lowest BCUT2D eigenvalue weighted by Crippen LogP contribution is -2.51. The van der Waals surface area contributed by atoms with Crippen molar-refractivity contribution in [1.29, 1.82) is 0 Å². The van der Waals surface area contributed by atoms with Crippen molar-refractivity contribution in [1.82, 2.24) is 40.6 Å². The van der Waals surface area contributed by atoms with Gasteiger partial charge in [-0.3, -0.25) is 19.1 Å². The number of aliphatic carboxylic acids is 3. The predicted molar refractivity (Wildman–Crippen MR) is 209 cm³/mol. The molecule has 0 radical (unpaired) electrons. The number of nitrogens with zero attached hydrogens (tertiary/aromatic N) is 7. The molecular weight excluding hydrogens is 788 g/mol. The molecule has 4 aromatic rings. The first-order valence-corrected chi connectivity index (χ1v) is 18.9. The summed E-state index contributed by atoms with van der Waals surface area (Å²) in [5, 5.41) is 51.2. The number of methoxy groups -OCH3 is 2. The van der Waals surface area contributed by atoms with Gasteiger partial charge in [0.2, 0.25) is 11.8 Å². The van der Waals surface area contributed by atoms with Crippen molar-refractivity contribution < 1.29 is 58.3 Å². The normalized spacial score (nSPS) is 14.6. The van der Waals surface area contributed by atoms with E-state index in [2.05, 4.69) is 36.6 Å². The summed E-state index contributed by atoms with van der Waals surface area (Å²) in [5.74, 6) is -3.92. The van der Waals surface area contributed by atoms with Crippen molar-refractivity contribution in [2.24, 2.45) is 5.92 Å². The molecule has 320 valence electrons. The number of aryl methyl sites for hydroxylation is 1. The third-order valence-corrected chi connectivity index (χ3v) is 9.44.